The fourth-order valence-corrected chi connectivity index (χ4v) is 3.09. The molecule has 1 aromatic heterocycles. The number of Topliss-reactive ketones (excluding diaryl/α,β-unsaturated/α-hetero) is 1. The largest absolute Gasteiger partial charge is 0.366 e. The molecule has 1 amide bonds. The van der Waals surface area contributed by atoms with Crippen molar-refractivity contribution in [1.82, 2.24) is 10.2 Å². The lowest BCUT2D eigenvalue weighted by molar-refractivity contribution is -0.122. The fraction of sp³-hybridized carbons (Fsp3) is 0.263. The zero-order valence-corrected chi connectivity index (χ0v) is 13.6. The summed E-state index contributed by atoms with van der Waals surface area (Å²) in [4.78, 5) is 28.6. The van der Waals surface area contributed by atoms with Gasteiger partial charge in [-0.2, -0.15) is 5.10 Å². The molecule has 126 valence electrons. The molecule has 3 N–H and O–H groups in total. The van der Waals surface area contributed by atoms with E-state index in [2.05, 4.69) is 15.2 Å². The van der Waals surface area contributed by atoms with Crippen LogP contribution >= 0.6 is 0 Å². The van der Waals surface area contributed by atoms with Crippen molar-refractivity contribution in [2.75, 3.05) is 0 Å². The summed E-state index contributed by atoms with van der Waals surface area (Å²) in [5.41, 5.74) is 7.12. The number of nitrogens with two attached hydrogens (primary N) is 1. The molecule has 1 unspecified atom stereocenters. The van der Waals surface area contributed by atoms with Crippen LogP contribution < -0.4 is 5.73 Å². The van der Waals surface area contributed by atoms with Gasteiger partial charge in [0.25, 0.3) is 0 Å². The van der Waals surface area contributed by atoms with E-state index in [4.69, 9.17) is 5.73 Å². The number of primary amides is 1. The highest BCUT2D eigenvalue weighted by Crippen LogP contribution is 2.41. The molecular formula is C19H18N4O2. The number of hydrogen-bond acceptors (Lipinski definition) is 4. The van der Waals surface area contributed by atoms with Crippen LogP contribution in [0.4, 0.5) is 0 Å². The van der Waals surface area contributed by atoms with Gasteiger partial charge in [0, 0.05) is 29.8 Å². The summed E-state index contributed by atoms with van der Waals surface area (Å²) < 4.78 is 0. The van der Waals surface area contributed by atoms with Crippen LogP contribution in [0.25, 0.3) is 0 Å². The quantitative estimate of drug-likeness (QED) is 0.845. The maximum Gasteiger partial charge on any atom is 0.248 e. The number of H-pyrrole nitrogens is 1. The number of carbonyl (C=O) groups excluding carboxylic acids is 2. The van der Waals surface area contributed by atoms with Crippen molar-refractivity contribution >= 4 is 17.9 Å². The van der Waals surface area contributed by atoms with Crippen molar-refractivity contribution in [3.63, 3.8) is 0 Å². The molecule has 2 aromatic rings. The van der Waals surface area contributed by atoms with Crippen LogP contribution in [0.1, 0.15) is 46.1 Å². The molecule has 6 heteroatoms. The third kappa shape index (κ3) is 2.80. The van der Waals surface area contributed by atoms with Crippen LogP contribution in [-0.2, 0) is 16.8 Å². The first-order valence-corrected chi connectivity index (χ1v) is 8.29. The number of aromatic amines is 1. The minimum absolute atomic E-state index is 0.0572. The van der Waals surface area contributed by atoms with Gasteiger partial charge in [-0.1, -0.05) is 12.1 Å². The number of nitrogens with one attached hydrogen (secondary N) is 1. The lowest BCUT2D eigenvalue weighted by atomic mass is 9.87. The summed E-state index contributed by atoms with van der Waals surface area (Å²) in [5.74, 6) is -0.0101. The number of carbonyl (C=O) groups is 2. The van der Waals surface area contributed by atoms with Crippen molar-refractivity contribution in [3.8, 4) is 0 Å². The summed E-state index contributed by atoms with van der Waals surface area (Å²) >= 11 is 0. The lowest BCUT2D eigenvalue weighted by Gasteiger charge is -2.20. The van der Waals surface area contributed by atoms with Gasteiger partial charge in [0.2, 0.25) is 5.91 Å². The molecule has 0 spiro atoms. The predicted molar refractivity (Wildman–Crippen MR) is 93.5 cm³/mol. The number of rotatable bonds is 6. The molecule has 2 aliphatic rings. The highest BCUT2D eigenvalue weighted by molar-refractivity contribution is 5.98. The number of aromatic nitrogens is 2. The Morgan fingerprint density at radius 3 is 2.60 bits per heavy atom. The van der Waals surface area contributed by atoms with E-state index in [0.29, 0.717) is 17.2 Å². The molecular weight excluding hydrogens is 316 g/mol. The van der Waals surface area contributed by atoms with E-state index in [1.54, 1.807) is 42.6 Å². The first-order valence-electron chi connectivity index (χ1n) is 8.29. The molecule has 0 bridgehead atoms. The molecule has 25 heavy (non-hydrogen) atoms. The van der Waals surface area contributed by atoms with E-state index in [0.717, 1.165) is 24.1 Å². The van der Waals surface area contributed by atoms with Crippen LogP contribution in [0, 0.1) is 0 Å². The summed E-state index contributed by atoms with van der Waals surface area (Å²) in [6.07, 6.45) is 7.73. The number of allylic oxidation sites excluding steroid dienone is 1. The second-order valence-electron chi connectivity index (χ2n) is 6.55. The highest BCUT2D eigenvalue weighted by Gasteiger charge is 2.41. The average molecular weight is 334 g/mol. The monoisotopic (exact) mass is 334 g/mol. The molecule has 1 aliphatic carbocycles. The highest BCUT2D eigenvalue weighted by atomic mass is 16.1. The van der Waals surface area contributed by atoms with Crippen LogP contribution in [0.3, 0.4) is 0 Å². The van der Waals surface area contributed by atoms with Crippen LogP contribution in [0.5, 0.6) is 0 Å². The molecule has 2 heterocycles. The predicted octanol–water partition coefficient (Wildman–Crippen LogP) is 2.03. The van der Waals surface area contributed by atoms with Crippen molar-refractivity contribution in [2.24, 2.45) is 10.7 Å². The maximum atomic E-state index is 13.0. The van der Waals surface area contributed by atoms with Crippen LogP contribution in [-0.4, -0.2) is 28.1 Å². The molecule has 1 fully saturated rings. The second kappa shape index (κ2) is 5.81. The zero-order chi connectivity index (χ0) is 17.4. The van der Waals surface area contributed by atoms with Crippen LogP contribution in [0.15, 0.2) is 47.5 Å². The van der Waals surface area contributed by atoms with Gasteiger partial charge in [-0.3, -0.25) is 19.7 Å². The smallest absolute Gasteiger partial charge is 0.248 e. The average Bonchev–Trinajstić information content (AvgIpc) is 3.12. The second-order valence-corrected chi connectivity index (χ2v) is 6.55. The van der Waals surface area contributed by atoms with Gasteiger partial charge in [-0.15, -0.1) is 0 Å². The minimum atomic E-state index is -1.06. The van der Waals surface area contributed by atoms with Gasteiger partial charge in [0.05, 0.1) is 0 Å². The topological polar surface area (TPSA) is 101 Å². The van der Waals surface area contributed by atoms with Crippen molar-refractivity contribution in [3.05, 3.63) is 65.0 Å². The maximum absolute atomic E-state index is 13.0. The lowest BCUT2D eigenvalue weighted by Crippen LogP contribution is -2.32. The number of nitrogens with zero attached hydrogens (tertiary/aromatic N) is 2. The van der Waals surface area contributed by atoms with E-state index in [1.807, 2.05) is 6.07 Å². The number of aliphatic imine (C=N–C) groups is 1. The van der Waals surface area contributed by atoms with E-state index in [1.165, 1.54) is 0 Å². The Kier molecular flexibility index (Phi) is 3.60. The number of hydrogen-bond donors (Lipinski definition) is 2. The van der Waals surface area contributed by atoms with Crippen LogP contribution in [0.2, 0.25) is 0 Å². The molecule has 4 rings (SSSR count). The summed E-state index contributed by atoms with van der Waals surface area (Å²) in [6, 6.07) is 8.71. The Morgan fingerprint density at radius 2 is 2.00 bits per heavy atom. The molecule has 1 aliphatic heterocycles. The van der Waals surface area contributed by atoms with E-state index < -0.39 is 11.4 Å². The minimum Gasteiger partial charge on any atom is -0.366 e. The van der Waals surface area contributed by atoms with Gasteiger partial charge < -0.3 is 5.73 Å². The van der Waals surface area contributed by atoms with Gasteiger partial charge in [-0.05, 0) is 48.8 Å². The number of amides is 1. The normalized spacial score (nSPS) is 21.6. The molecule has 0 radical (unpaired) electrons. The summed E-state index contributed by atoms with van der Waals surface area (Å²) in [7, 11) is 0. The number of ketones is 1. The first kappa shape index (κ1) is 15.5. The molecule has 0 saturated heterocycles. The molecule has 1 atom stereocenters. The Balaban J connectivity index is 1.59. The molecule has 6 nitrogen and oxygen atoms in total. The SMILES string of the molecule is NC(=O)c1ccc(CC(=O)C2(c3cc(C4CC4)[nH]n3)C=CC=N2)cc1. The van der Waals surface area contributed by atoms with Crippen molar-refractivity contribution in [2.45, 2.75) is 30.7 Å². The van der Waals surface area contributed by atoms with Crippen molar-refractivity contribution < 1.29 is 9.59 Å². The Bertz CT molecular complexity index is 876. The standard InChI is InChI=1S/C19H18N4O2/c20-18(25)14-4-2-12(3-5-14)10-17(24)19(8-1-9-21-19)16-11-15(22-23-16)13-6-7-13/h1-5,8-9,11,13H,6-7,10H2,(H2,20,25)(H,22,23). The Hall–Kier alpha value is -3.02. The Morgan fingerprint density at radius 1 is 1.24 bits per heavy atom. The van der Waals surface area contributed by atoms with Gasteiger partial charge in [0.1, 0.15) is 5.69 Å². The third-order valence-corrected chi connectivity index (χ3v) is 4.74. The third-order valence-electron chi connectivity index (χ3n) is 4.74. The van der Waals surface area contributed by atoms with Gasteiger partial charge in [-0.25, -0.2) is 0 Å². The molecule has 1 aromatic carbocycles. The van der Waals surface area contributed by atoms with E-state index in [-0.39, 0.29) is 12.2 Å². The Labute approximate surface area is 144 Å². The zero-order valence-electron chi connectivity index (χ0n) is 13.6. The first-order chi connectivity index (χ1) is 12.1. The van der Waals surface area contributed by atoms with Crippen molar-refractivity contribution in [1.29, 1.82) is 0 Å². The van der Waals surface area contributed by atoms with Gasteiger partial charge in [0.15, 0.2) is 11.3 Å². The fourth-order valence-electron chi connectivity index (χ4n) is 3.09. The van der Waals surface area contributed by atoms with E-state index in [9.17, 15) is 9.59 Å². The number of benzene rings is 1. The summed E-state index contributed by atoms with van der Waals surface area (Å²) in [6.45, 7) is 0. The van der Waals surface area contributed by atoms with E-state index >= 15 is 0 Å². The molecule has 1 saturated carbocycles. The summed E-state index contributed by atoms with van der Waals surface area (Å²) in [5, 5.41) is 7.41. The van der Waals surface area contributed by atoms with Gasteiger partial charge >= 0.3 is 0 Å².